The second-order valence-corrected chi connectivity index (χ2v) is 6.74. The molecule has 0 aliphatic rings. The van der Waals surface area contributed by atoms with E-state index in [1.165, 1.54) is 45.1 Å². The number of Topliss-reactive ketones (excluding diaryl/α,β-unsaturated/α-hetero) is 1. The summed E-state index contributed by atoms with van der Waals surface area (Å²) in [7, 11) is 0. The first-order valence-corrected chi connectivity index (χ1v) is 9.65. The van der Waals surface area contributed by atoms with Crippen molar-refractivity contribution in [2.24, 2.45) is 0 Å². The monoisotopic (exact) mass is 356 g/mol. The molecule has 0 bridgehead atoms. The molecule has 0 fully saturated rings. The van der Waals surface area contributed by atoms with Gasteiger partial charge in [-0.3, -0.25) is 4.79 Å². The SMILES string of the molecule is CCCCCCCCCOc1ccc(-c2ccc(C(C)=O)cc2)c(F)c1. The Hall–Kier alpha value is -2.16. The standard InChI is InChI=1S/C23H29FO2/c1-3-4-5-6-7-8-9-16-26-21-14-15-22(23(24)17-21)20-12-10-19(11-13-20)18(2)25/h10-15,17H,3-9,16H2,1-2H3. The lowest BCUT2D eigenvalue weighted by atomic mass is 10.0. The highest BCUT2D eigenvalue weighted by molar-refractivity contribution is 5.94. The van der Waals surface area contributed by atoms with E-state index in [2.05, 4.69) is 6.92 Å². The summed E-state index contributed by atoms with van der Waals surface area (Å²) in [5.41, 5.74) is 1.90. The van der Waals surface area contributed by atoms with Crippen LogP contribution in [0.3, 0.4) is 0 Å². The molecular weight excluding hydrogens is 327 g/mol. The Morgan fingerprint density at radius 2 is 1.58 bits per heavy atom. The van der Waals surface area contributed by atoms with Gasteiger partial charge >= 0.3 is 0 Å². The molecule has 140 valence electrons. The van der Waals surface area contributed by atoms with Crippen molar-refractivity contribution in [3.63, 3.8) is 0 Å². The quantitative estimate of drug-likeness (QED) is 0.326. The van der Waals surface area contributed by atoms with Gasteiger partial charge < -0.3 is 4.74 Å². The van der Waals surface area contributed by atoms with Gasteiger partial charge in [0.15, 0.2) is 5.78 Å². The molecule has 2 aromatic carbocycles. The van der Waals surface area contributed by atoms with E-state index in [9.17, 15) is 9.18 Å². The van der Waals surface area contributed by atoms with Crippen LogP contribution in [0.15, 0.2) is 42.5 Å². The van der Waals surface area contributed by atoms with Crippen molar-refractivity contribution in [3.8, 4) is 16.9 Å². The third kappa shape index (κ3) is 6.29. The molecule has 0 aromatic heterocycles. The van der Waals surface area contributed by atoms with Crippen LogP contribution < -0.4 is 4.74 Å². The van der Waals surface area contributed by atoms with E-state index >= 15 is 0 Å². The summed E-state index contributed by atoms with van der Waals surface area (Å²) in [4.78, 5) is 11.3. The smallest absolute Gasteiger partial charge is 0.159 e. The molecule has 0 N–H and O–H groups in total. The highest BCUT2D eigenvalue weighted by Gasteiger charge is 2.08. The molecular formula is C23H29FO2. The van der Waals surface area contributed by atoms with Crippen molar-refractivity contribution in [2.75, 3.05) is 6.61 Å². The van der Waals surface area contributed by atoms with E-state index in [1.807, 2.05) is 0 Å². The molecule has 3 heteroatoms. The maximum atomic E-state index is 14.4. The maximum Gasteiger partial charge on any atom is 0.159 e. The lowest BCUT2D eigenvalue weighted by Crippen LogP contribution is -1.98. The fraction of sp³-hybridized carbons (Fsp3) is 0.435. The molecule has 0 saturated heterocycles. The van der Waals surface area contributed by atoms with Gasteiger partial charge in [-0.05, 0) is 31.0 Å². The van der Waals surface area contributed by atoms with Gasteiger partial charge in [0, 0.05) is 17.2 Å². The van der Waals surface area contributed by atoms with Gasteiger partial charge in [-0.15, -0.1) is 0 Å². The van der Waals surface area contributed by atoms with Gasteiger partial charge in [-0.1, -0.05) is 69.7 Å². The Kier molecular flexibility index (Phi) is 8.33. The van der Waals surface area contributed by atoms with Gasteiger partial charge in [0.2, 0.25) is 0 Å². The Bertz CT molecular complexity index is 692. The average Bonchev–Trinajstić information content (AvgIpc) is 2.64. The second-order valence-electron chi connectivity index (χ2n) is 6.74. The predicted molar refractivity (Wildman–Crippen MR) is 105 cm³/mol. The van der Waals surface area contributed by atoms with Crippen LogP contribution >= 0.6 is 0 Å². The molecule has 2 nitrogen and oxygen atoms in total. The van der Waals surface area contributed by atoms with Gasteiger partial charge in [-0.25, -0.2) is 4.39 Å². The van der Waals surface area contributed by atoms with Crippen molar-refractivity contribution in [2.45, 2.75) is 58.8 Å². The predicted octanol–water partition coefficient (Wildman–Crippen LogP) is 6.82. The lowest BCUT2D eigenvalue weighted by Gasteiger charge is -2.09. The molecule has 26 heavy (non-hydrogen) atoms. The topological polar surface area (TPSA) is 26.3 Å². The van der Waals surface area contributed by atoms with Crippen LogP contribution in [0, 0.1) is 5.82 Å². The van der Waals surface area contributed by atoms with E-state index in [0.717, 1.165) is 18.4 Å². The molecule has 0 aliphatic carbocycles. The number of ketones is 1. The third-order valence-corrected chi connectivity index (χ3v) is 4.56. The molecule has 0 amide bonds. The molecule has 2 aromatic rings. The van der Waals surface area contributed by atoms with Gasteiger partial charge in [0.1, 0.15) is 11.6 Å². The molecule has 0 aliphatic heterocycles. The highest BCUT2D eigenvalue weighted by Crippen LogP contribution is 2.27. The number of benzene rings is 2. The summed E-state index contributed by atoms with van der Waals surface area (Å²) in [6.07, 6.45) is 8.60. The molecule has 0 spiro atoms. The maximum absolute atomic E-state index is 14.4. The Labute approximate surface area is 156 Å². The molecule has 0 atom stereocenters. The Morgan fingerprint density at radius 3 is 2.19 bits per heavy atom. The number of ether oxygens (including phenoxy) is 1. The number of carbonyl (C=O) groups is 1. The minimum Gasteiger partial charge on any atom is -0.493 e. The van der Waals surface area contributed by atoms with E-state index in [4.69, 9.17) is 4.74 Å². The fourth-order valence-corrected chi connectivity index (χ4v) is 2.95. The summed E-state index contributed by atoms with van der Waals surface area (Å²) in [6, 6.07) is 12.0. The summed E-state index contributed by atoms with van der Waals surface area (Å²) >= 11 is 0. The van der Waals surface area contributed by atoms with Crippen LogP contribution in [-0.4, -0.2) is 12.4 Å². The van der Waals surface area contributed by atoms with Crippen molar-refractivity contribution >= 4 is 5.78 Å². The summed E-state index contributed by atoms with van der Waals surface area (Å²) in [5, 5.41) is 0. The third-order valence-electron chi connectivity index (χ3n) is 4.56. The normalized spacial score (nSPS) is 10.7. The molecule has 0 radical (unpaired) electrons. The zero-order valence-electron chi connectivity index (χ0n) is 15.9. The minimum absolute atomic E-state index is 0.00568. The van der Waals surface area contributed by atoms with Crippen LogP contribution in [0.25, 0.3) is 11.1 Å². The Balaban J connectivity index is 1.82. The first-order valence-electron chi connectivity index (χ1n) is 9.65. The molecule has 0 saturated carbocycles. The van der Waals surface area contributed by atoms with Crippen LogP contribution in [-0.2, 0) is 0 Å². The number of carbonyl (C=O) groups excluding carboxylic acids is 1. The summed E-state index contributed by atoms with van der Waals surface area (Å²) in [6.45, 7) is 4.37. The number of rotatable bonds is 11. The van der Waals surface area contributed by atoms with E-state index in [0.29, 0.717) is 23.5 Å². The number of hydrogen-bond acceptors (Lipinski definition) is 2. The second kappa shape index (κ2) is 10.7. The lowest BCUT2D eigenvalue weighted by molar-refractivity contribution is 0.101. The average molecular weight is 356 g/mol. The first-order chi connectivity index (χ1) is 12.6. The van der Waals surface area contributed by atoms with Gasteiger partial charge in [0.25, 0.3) is 0 Å². The van der Waals surface area contributed by atoms with E-state index < -0.39 is 0 Å². The van der Waals surface area contributed by atoms with E-state index in [1.54, 1.807) is 36.4 Å². The molecule has 0 heterocycles. The minimum atomic E-state index is -0.308. The van der Waals surface area contributed by atoms with Crippen LogP contribution in [0.5, 0.6) is 5.75 Å². The van der Waals surface area contributed by atoms with E-state index in [-0.39, 0.29) is 11.6 Å². The number of unbranched alkanes of at least 4 members (excludes halogenated alkanes) is 6. The zero-order chi connectivity index (χ0) is 18.8. The van der Waals surface area contributed by atoms with Gasteiger partial charge in [-0.2, -0.15) is 0 Å². The van der Waals surface area contributed by atoms with Gasteiger partial charge in [0.05, 0.1) is 6.61 Å². The van der Waals surface area contributed by atoms with Crippen molar-refractivity contribution in [1.29, 1.82) is 0 Å². The van der Waals surface area contributed by atoms with Crippen LogP contribution in [0.4, 0.5) is 4.39 Å². The fourth-order valence-electron chi connectivity index (χ4n) is 2.95. The number of hydrogen-bond donors (Lipinski definition) is 0. The zero-order valence-corrected chi connectivity index (χ0v) is 15.9. The Morgan fingerprint density at radius 1 is 0.923 bits per heavy atom. The molecule has 2 rings (SSSR count). The largest absolute Gasteiger partial charge is 0.493 e. The molecule has 0 unspecified atom stereocenters. The first kappa shape index (κ1) is 20.2. The number of halogens is 1. The summed E-state index contributed by atoms with van der Waals surface area (Å²) < 4.78 is 20.1. The van der Waals surface area contributed by atoms with Crippen LogP contribution in [0.2, 0.25) is 0 Å². The van der Waals surface area contributed by atoms with Crippen molar-refractivity contribution in [1.82, 2.24) is 0 Å². The summed E-state index contributed by atoms with van der Waals surface area (Å²) in [5.74, 6) is 0.265. The van der Waals surface area contributed by atoms with Crippen molar-refractivity contribution in [3.05, 3.63) is 53.8 Å². The van der Waals surface area contributed by atoms with Crippen molar-refractivity contribution < 1.29 is 13.9 Å². The van der Waals surface area contributed by atoms with Crippen LogP contribution in [0.1, 0.15) is 69.2 Å². The highest BCUT2D eigenvalue weighted by atomic mass is 19.1.